The molecule has 1 aromatic carbocycles. The second-order valence-corrected chi connectivity index (χ2v) is 4.37. The summed E-state index contributed by atoms with van der Waals surface area (Å²) in [6.07, 6.45) is 0.983. The van der Waals surface area contributed by atoms with Crippen molar-refractivity contribution in [2.75, 3.05) is 6.54 Å². The highest BCUT2D eigenvalue weighted by Crippen LogP contribution is 2.25. The summed E-state index contributed by atoms with van der Waals surface area (Å²) in [5.74, 6) is -0.798. The van der Waals surface area contributed by atoms with Crippen LogP contribution in [0.15, 0.2) is 36.0 Å². The van der Waals surface area contributed by atoms with Gasteiger partial charge in [-0.1, -0.05) is 28.9 Å². The Morgan fingerprint density at radius 3 is 3.16 bits per heavy atom. The summed E-state index contributed by atoms with van der Waals surface area (Å²) < 4.78 is 13.7. The molecule has 100 valence electrons. The van der Waals surface area contributed by atoms with E-state index in [1.54, 1.807) is 12.1 Å². The Morgan fingerprint density at radius 1 is 1.68 bits per heavy atom. The lowest BCUT2D eigenvalue weighted by atomic mass is 10.0. The number of halogens is 2. The van der Waals surface area contributed by atoms with Crippen molar-refractivity contribution in [3.05, 3.63) is 47.3 Å². The summed E-state index contributed by atoms with van der Waals surface area (Å²) in [6.45, 7) is 3.84. The highest BCUT2D eigenvalue weighted by molar-refractivity contribution is 6.34. The predicted octanol–water partition coefficient (Wildman–Crippen LogP) is 2.27. The molecule has 1 aliphatic rings. The Labute approximate surface area is 114 Å². The molecular formula is C13H12ClFN2O2. The van der Waals surface area contributed by atoms with Crippen molar-refractivity contribution >= 4 is 23.2 Å². The number of rotatable bonds is 4. The number of carbonyl (C=O) groups is 1. The minimum Gasteiger partial charge on any atom is -0.382 e. The van der Waals surface area contributed by atoms with Gasteiger partial charge in [0.1, 0.15) is 5.82 Å². The van der Waals surface area contributed by atoms with Crippen molar-refractivity contribution < 1.29 is 14.0 Å². The molecule has 0 fully saturated rings. The largest absolute Gasteiger partial charge is 0.382 e. The van der Waals surface area contributed by atoms with E-state index in [0.717, 1.165) is 0 Å². The second-order valence-electron chi connectivity index (χ2n) is 3.97. The Balaban J connectivity index is 2.10. The average molecular weight is 283 g/mol. The maximum absolute atomic E-state index is 13.7. The molecule has 19 heavy (non-hydrogen) atoms. The molecule has 1 heterocycles. The molecule has 0 spiro atoms. The third kappa shape index (κ3) is 2.93. The van der Waals surface area contributed by atoms with Gasteiger partial charge in [-0.25, -0.2) is 4.39 Å². The number of amides is 1. The Kier molecular flexibility index (Phi) is 4.16. The minimum atomic E-state index is -0.759. The van der Waals surface area contributed by atoms with Crippen molar-refractivity contribution in [1.29, 1.82) is 0 Å². The third-order valence-electron chi connectivity index (χ3n) is 2.63. The van der Waals surface area contributed by atoms with E-state index in [2.05, 4.69) is 17.1 Å². The molecule has 2 rings (SSSR count). The summed E-state index contributed by atoms with van der Waals surface area (Å²) in [6, 6.07) is 4.36. The topological polar surface area (TPSA) is 50.7 Å². The molecular weight excluding hydrogens is 271 g/mol. The van der Waals surface area contributed by atoms with E-state index in [-0.39, 0.29) is 22.9 Å². The standard InChI is InChI=1S/C13H12ClFN2O2/c1-2-6-16-13(18)11-7-10(17-19-11)12-8(14)4-3-5-9(12)15/h2-5,11H,1,6-7H2,(H,16,18)/t11-/m0/s1. The minimum absolute atomic E-state index is 0.184. The molecule has 0 saturated heterocycles. The van der Waals surface area contributed by atoms with E-state index in [4.69, 9.17) is 16.4 Å². The fourth-order valence-corrected chi connectivity index (χ4v) is 2.00. The number of carbonyl (C=O) groups excluding carboxylic acids is 1. The van der Waals surface area contributed by atoms with Gasteiger partial charge in [-0.2, -0.15) is 0 Å². The molecule has 0 saturated carbocycles. The summed E-state index contributed by atoms with van der Waals surface area (Å²) in [5.41, 5.74) is 0.519. The van der Waals surface area contributed by atoms with Gasteiger partial charge in [0, 0.05) is 13.0 Å². The maximum atomic E-state index is 13.7. The molecule has 0 aliphatic carbocycles. The van der Waals surface area contributed by atoms with E-state index >= 15 is 0 Å². The van der Waals surface area contributed by atoms with Gasteiger partial charge in [-0.3, -0.25) is 4.79 Å². The van der Waals surface area contributed by atoms with Gasteiger partial charge >= 0.3 is 0 Å². The third-order valence-corrected chi connectivity index (χ3v) is 2.95. The number of benzene rings is 1. The first kappa shape index (κ1) is 13.5. The van der Waals surface area contributed by atoms with Gasteiger partial charge < -0.3 is 10.2 Å². The smallest absolute Gasteiger partial charge is 0.264 e. The molecule has 6 heteroatoms. The predicted molar refractivity (Wildman–Crippen MR) is 70.6 cm³/mol. The normalized spacial score (nSPS) is 17.6. The lowest BCUT2D eigenvalue weighted by Crippen LogP contribution is -2.34. The van der Waals surface area contributed by atoms with Crippen molar-refractivity contribution in [2.24, 2.45) is 5.16 Å². The van der Waals surface area contributed by atoms with Crippen molar-refractivity contribution in [3.8, 4) is 0 Å². The highest BCUT2D eigenvalue weighted by Gasteiger charge is 2.30. The zero-order chi connectivity index (χ0) is 13.8. The number of oxime groups is 1. The quantitative estimate of drug-likeness (QED) is 0.862. The molecule has 1 N–H and O–H groups in total. The van der Waals surface area contributed by atoms with Crippen LogP contribution in [0.4, 0.5) is 4.39 Å². The molecule has 0 unspecified atom stereocenters. The zero-order valence-electron chi connectivity index (χ0n) is 10.0. The van der Waals surface area contributed by atoms with E-state index in [1.165, 1.54) is 12.1 Å². The van der Waals surface area contributed by atoms with Crippen LogP contribution in [0.3, 0.4) is 0 Å². The molecule has 0 aromatic heterocycles. The van der Waals surface area contributed by atoms with Crippen LogP contribution in [-0.2, 0) is 9.63 Å². The molecule has 1 amide bonds. The van der Waals surface area contributed by atoms with Gasteiger partial charge in [0.05, 0.1) is 16.3 Å². The average Bonchev–Trinajstić information content (AvgIpc) is 2.85. The monoisotopic (exact) mass is 282 g/mol. The molecule has 0 bridgehead atoms. The van der Waals surface area contributed by atoms with Gasteiger partial charge in [0.2, 0.25) is 6.10 Å². The first-order valence-electron chi connectivity index (χ1n) is 5.69. The lowest BCUT2D eigenvalue weighted by Gasteiger charge is -2.07. The molecule has 1 aliphatic heterocycles. The van der Waals surface area contributed by atoms with Crippen molar-refractivity contribution in [2.45, 2.75) is 12.5 Å². The number of nitrogens with one attached hydrogen (secondary N) is 1. The zero-order valence-corrected chi connectivity index (χ0v) is 10.8. The SMILES string of the molecule is C=CCNC(=O)[C@@H]1CC(c2c(F)cccc2Cl)=NO1. The fourth-order valence-electron chi connectivity index (χ4n) is 1.73. The van der Waals surface area contributed by atoms with Crippen molar-refractivity contribution in [3.63, 3.8) is 0 Å². The Bertz CT molecular complexity index is 525. The Hall–Kier alpha value is -1.88. The van der Waals surface area contributed by atoms with Gasteiger partial charge in [0.15, 0.2) is 0 Å². The second kappa shape index (κ2) is 5.84. The van der Waals surface area contributed by atoms with Crippen LogP contribution in [0.1, 0.15) is 12.0 Å². The fraction of sp³-hybridized carbons (Fsp3) is 0.231. The van der Waals surface area contributed by atoms with E-state index in [0.29, 0.717) is 12.3 Å². The summed E-state index contributed by atoms with van der Waals surface area (Å²) in [7, 11) is 0. The summed E-state index contributed by atoms with van der Waals surface area (Å²) in [4.78, 5) is 16.7. The number of hydrogen-bond donors (Lipinski definition) is 1. The van der Waals surface area contributed by atoms with Crippen LogP contribution in [0.25, 0.3) is 0 Å². The molecule has 1 aromatic rings. The first-order valence-corrected chi connectivity index (χ1v) is 6.07. The molecule has 4 nitrogen and oxygen atoms in total. The molecule has 1 atom stereocenters. The van der Waals surface area contributed by atoms with E-state index in [9.17, 15) is 9.18 Å². The highest BCUT2D eigenvalue weighted by atomic mass is 35.5. The van der Waals surface area contributed by atoms with E-state index in [1.807, 2.05) is 0 Å². The van der Waals surface area contributed by atoms with Crippen LogP contribution in [0.5, 0.6) is 0 Å². The van der Waals surface area contributed by atoms with Crippen LogP contribution in [0.2, 0.25) is 5.02 Å². The van der Waals surface area contributed by atoms with Crippen LogP contribution in [-0.4, -0.2) is 24.3 Å². The van der Waals surface area contributed by atoms with Crippen molar-refractivity contribution in [1.82, 2.24) is 5.32 Å². The maximum Gasteiger partial charge on any atom is 0.264 e. The van der Waals surface area contributed by atoms with Crippen LogP contribution in [0, 0.1) is 5.82 Å². The van der Waals surface area contributed by atoms with Gasteiger partial charge in [0.25, 0.3) is 5.91 Å². The number of hydrogen-bond acceptors (Lipinski definition) is 3. The summed E-state index contributed by atoms with van der Waals surface area (Å²) >= 11 is 5.93. The molecule has 0 radical (unpaired) electrons. The van der Waals surface area contributed by atoms with Gasteiger partial charge in [-0.05, 0) is 12.1 Å². The van der Waals surface area contributed by atoms with Crippen LogP contribution < -0.4 is 5.32 Å². The number of nitrogens with zero attached hydrogens (tertiary/aromatic N) is 1. The van der Waals surface area contributed by atoms with Crippen LogP contribution >= 0.6 is 11.6 Å². The first-order chi connectivity index (χ1) is 9.13. The van der Waals surface area contributed by atoms with E-state index < -0.39 is 11.9 Å². The van der Waals surface area contributed by atoms with Gasteiger partial charge in [-0.15, -0.1) is 6.58 Å². The lowest BCUT2D eigenvalue weighted by molar-refractivity contribution is -0.130. The summed E-state index contributed by atoms with van der Waals surface area (Å²) in [5, 5.41) is 6.58. The Morgan fingerprint density at radius 2 is 2.47 bits per heavy atom.